The number of rotatable bonds is 3. The highest BCUT2D eigenvalue weighted by Crippen LogP contribution is 2.29. The summed E-state index contributed by atoms with van der Waals surface area (Å²) in [4.78, 5) is 9.18. The Morgan fingerprint density at radius 2 is 1.96 bits per heavy atom. The van der Waals surface area contributed by atoms with Crippen molar-refractivity contribution in [1.82, 2.24) is 9.97 Å². The fourth-order valence-corrected chi connectivity index (χ4v) is 2.50. The molecule has 3 rings (SSSR count). The molecule has 0 saturated heterocycles. The third kappa shape index (κ3) is 3.36. The first-order valence-corrected chi connectivity index (χ1v) is 7.97. The molecule has 0 spiro atoms. The molecule has 0 bridgehead atoms. The second-order valence-electron chi connectivity index (χ2n) is 7.00. The van der Waals surface area contributed by atoms with Crippen LogP contribution >= 0.6 is 0 Å². The second kappa shape index (κ2) is 6.29. The van der Waals surface area contributed by atoms with Crippen LogP contribution in [0.1, 0.15) is 26.3 Å². The molecule has 0 radical (unpaired) electrons. The molecular formula is C20H20N4. The Bertz CT molecular complexity index is 903. The summed E-state index contributed by atoms with van der Waals surface area (Å²) in [5, 5.41) is 13.7. The van der Waals surface area contributed by atoms with Gasteiger partial charge in [-0.2, -0.15) is 5.26 Å². The van der Waals surface area contributed by atoms with Crippen molar-refractivity contribution in [1.29, 1.82) is 5.26 Å². The van der Waals surface area contributed by atoms with Crippen molar-refractivity contribution in [2.45, 2.75) is 20.8 Å². The van der Waals surface area contributed by atoms with Crippen LogP contribution in [0.4, 0.5) is 5.82 Å². The zero-order valence-corrected chi connectivity index (χ0v) is 14.2. The zero-order chi connectivity index (χ0) is 17.2. The van der Waals surface area contributed by atoms with Gasteiger partial charge in [0.05, 0.1) is 16.8 Å². The predicted molar refractivity (Wildman–Crippen MR) is 97.6 cm³/mol. The molecule has 24 heavy (non-hydrogen) atoms. The summed E-state index contributed by atoms with van der Waals surface area (Å²) in [7, 11) is 0. The summed E-state index contributed by atoms with van der Waals surface area (Å²) in [6, 6.07) is 15.9. The van der Waals surface area contributed by atoms with Gasteiger partial charge in [-0.15, -0.1) is 0 Å². The van der Waals surface area contributed by atoms with E-state index in [2.05, 4.69) is 37.1 Å². The SMILES string of the molecule is CC(C)(C)CNc1nc2c(-c3ccccn3)cccc2cc1C#N. The van der Waals surface area contributed by atoms with E-state index in [4.69, 9.17) is 4.98 Å². The predicted octanol–water partition coefficient (Wildman–Crippen LogP) is 4.63. The maximum absolute atomic E-state index is 9.45. The first kappa shape index (κ1) is 15.9. The van der Waals surface area contributed by atoms with Crippen LogP contribution in [-0.2, 0) is 0 Å². The summed E-state index contributed by atoms with van der Waals surface area (Å²) in [5.41, 5.74) is 3.36. The average molecular weight is 316 g/mol. The number of nitriles is 1. The van der Waals surface area contributed by atoms with Gasteiger partial charge in [-0.3, -0.25) is 4.98 Å². The largest absolute Gasteiger partial charge is 0.368 e. The van der Waals surface area contributed by atoms with Crippen LogP contribution in [0, 0.1) is 16.7 Å². The molecule has 3 aromatic rings. The summed E-state index contributed by atoms with van der Waals surface area (Å²) in [6.45, 7) is 7.18. The van der Waals surface area contributed by atoms with E-state index in [0.29, 0.717) is 11.4 Å². The van der Waals surface area contributed by atoms with Gasteiger partial charge in [-0.1, -0.05) is 45.0 Å². The number of anilines is 1. The Morgan fingerprint density at radius 3 is 2.62 bits per heavy atom. The van der Waals surface area contributed by atoms with Crippen molar-refractivity contribution in [3.8, 4) is 17.3 Å². The van der Waals surface area contributed by atoms with Gasteiger partial charge in [-0.25, -0.2) is 4.98 Å². The average Bonchev–Trinajstić information content (AvgIpc) is 2.58. The standard InChI is InChI=1S/C20H20N4/c1-20(2,3)13-23-19-15(12-21)11-14-7-6-8-16(18(14)24-19)17-9-4-5-10-22-17/h4-11H,13H2,1-3H3,(H,23,24). The van der Waals surface area contributed by atoms with E-state index in [9.17, 15) is 5.26 Å². The van der Waals surface area contributed by atoms with Crippen molar-refractivity contribution in [2.75, 3.05) is 11.9 Å². The molecule has 0 atom stereocenters. The Labute approximate surface area is 142 Å². The van der Waals surface area contributed by atoms with Crippen molar-refractivity contribution < 1.29 is 0 Å². The Balaban J connectivity index is 2.14. The maximum atomic E-state index is 9.45. The van der Waals surface area contributed by atoms with E-state index in [1.54, 1.807) is 6.20 Å². The molecule has 0 aliphatic carbocycles. The summed E-state index contributed by atoms with van der Waals surface area (Å²) < 4.78 is 0. The molecular weight excluding hydrogens is 296 g/mol. The normalized spacial score (nSPS) is 11.2. The third-order valence-corrected chi connectivity index (χ3v) is 3.69. The van der Waals surface area contributed by atoms with Gasteiger partial charge >= 0.3 is 0 Å². The first-order chi connectivity index (χ1) is 11.5. The number of hydrogen-bond acceptors (Lipinski definition) is 4. The summed E-state index contributed by atoms with van der Waals surface area (Å²) >= 11 is 0. The monoisotopic (exact) mass is 316 g/mol. The molecule has 2 heterocycles. The van der Waals surface area contributed by atoms with Crippen LogP contribution in [0.5, 0.6) is 0 Å². The molecule has 120 valence electrons. The van der Waals surface area contributed by atoms with E-state index in [0.717, 1.165) is 28.7 Å². The maximum Gasteiger partial charge on any atom is 0.144 e. The van der Waals surface area contributed by atoms with Gasteiger partial charge in [-0.05, 0) is 23.6 Å². The van der Waals surface area contributed by atoms with Gasteiger partial charge in [0.15, 0.2) is 0 Å². The van der Waals surface area contributed by atoms with Gasteiger partial charge in [0.25, 0.3) is 0 Å². The molecule has 0 amide bonds. The number of aromatic nitrogens is 2. The van der Waals surface area contributed by atoms with Gasteiger partial charge in [0.2, 0.25) is 0 Å². The van der Waals surface area contributed by atoms with Crippen molar-refractivity contribution in [2.24, 2.45) is 5.41 Å². The third-order valence-electron chi connectivity index (χ3n) is 3.69. The van der Waals surface area contributed by atoms with Gasteiger partial charge in [0, 0.05) is 23.7 Å². The molecule has 4 heteroatoms. The lowest BCUT2D eigenvalue weighted by Crippen LogP contribution is -2.20. The number of pyridine rings is 2. The molecule has 0 aliphatic heterocycles. The van der Waals surface area contributed by atoms with E-state index in [1.807, 2.05) is 42.5 Å². The van der Waals surface area contributed by atoms with Gasteiger partial charge in [0.1, 0.15) is 11.9 Å². The quantitative estimate of drug-likeness (QED) is 0.765. The lowest BCUT2D eigenvalue weighted by Gasteiger charge is -2.20. The molecule has 1 aromatic carbocycles. The van der Waals surface area contributed by atoms with Crippen LogP contribution in [0.15, 0.2) is 48.7 Å². The number of nitrogens with one attached hydrogen (secondary N) is 1. The highest BCUT2D eigenvalue weighted by atomic mass is 15.0. The topological polar surface area (TPSA) is 61.6 Å². The molecule has 1 N–H and O–H groups in total. The van der Waals surface area contributed by atoms with E-state index in [1.165, 1.54) is 0 Å². The molecule has 0 unspecified atom stereocenters. The van der Waals surface area contributed by atoms with Crippen molar-refractivity contribution in [3.05, 3.63) is 54.2 Å². The number of nitrogens with zero attached hydrogens (tertiary/aromatic N) is 3. The van der Waals surface area contributed by atoms with Crippen LogP contribution in [-0.4, -0.2) is 16.5 Å². The number of para-hydroxylation sites is 1. The molecule has 2 aromatic heterocycles. The van der Waals surface area contributed by atoms with Crippen molar-refractivity contribution in [3.63, 3.8) is 0 Å². The zero-order valence-electron chi connectivity index (χ0n) is 14.2. The Morgan fingerprint density at radius 1 is 1.12 bits per heavy atom. The fraction of sp³-hybridized carbons (Fsp3) is 0.250. The smallest absolute Gasteiger partial charge is 0.144 e. The first-order valence-electron chi connectivity index (χ1n) is 7.97. The highest BCUT2D eigenvalue weighted by molar-refractivity contribution is 5.94. The Kier molecular flexibility index (Phi) is 4.18. The molecule has 0 saturated carbocycles. The van der Waals surface area contributed by atoms with Crippen molar-refractivity contribution >= 4 is 16.7 Å². The fourth-order valence-electron chi connectivity index (χ4n) is 2.50. The van der Waals surface area contributed by atoms with E-state index in [-0.39, 0.29) is 5.41 Å². The van der Waals surface area contributed by atoms with Crippen LogP contribution in [0.3, 0.4) is 0 Å². The lowest BCUT2D eigenvalue weighted by atomic mass is 9.97. The minimum absolute atomic E-state index is 0.101. The minimum atomic E-state index is 0.101. The van der Waals surface area contributed by atoms with E-state index >= 15 is 0 Å². The number of hydrogen-bond donors (Lipinski definition) is 1. The second-order valence-corrected chi connectivity index (χ2v) is 7.00. The molecule has 0 fully saturated rings. The Hall–Kier alpha value is -2.93. The van der Waals surface area contributed by atoms with Gasteiger partial charge < -0.3 is 5.32 Å². The molecule has 4 nitrogen and oxygen atoms in total. The summed E-state index contributed by atoms with van der Waals surface area (Å²) in [6.07, 6.45) is 1.77. The summed E-state index contributed by atoms with van der Waals surface area (Å²) in [5.74, 6) is 0.628. The minimum Gasteiger partial charge on any atom is -0.368 e. The van der Waals surface area contributed by atoms with E-state index < -0.39 is 0 Å². The number of fused-ring (bicyclic) bond motifs is 1. The van der Waals surface area contributed by atoms with Crippen LogP contribution in [0.2, 0.25) is 0 Å². The van der Waals surface area contributed by atoms with Crippen LogP contribution < -0.4 is 5.32 Å². The lowest BCUT2D eigenvalue weighted by molar-refractivity contribution is 0.442. The van der Waals surface area contributed by atoms with Crippen LogP contribution in [0.25, 0.3) is 22.2 Å². The molecule has 0 aliphatic rings. The number of benzene rings is 1. The highest BCUT2D eigenvalue weighted by Gasteiger charge is 2.14.